The second kappa shape index (κ2) is 15.4. The first-order chi connectivity index (χ1) is 13.9. The quantitative estimate of drug-likeness (QED) is 0.222. The van der Waals surface area contributed by atoms with Gasteiger partial charge in [-0.15, -0.1) is 0 Å². The van der Waals surface area contributed by atoms with E-state index in [1.54, 1.807) is 24.3 Å². The maximum absolute atomic E-state index is 12.1. The van der Waals surface area contributed by atoms with Crippen LogP contribution in [-0.2, 0) is 19.1 Å². The Morgan fingerprint density at radius 3 is 1.62 bits per heavy atom. The fourth-order valence-electron chi connectivity index (χ4n) is 3.26. The molecule has 0 spiro atoms. The molecule has 0 radical (unpaired) electrons. The summed E-state index contributed by atoms with van der Waals surface area (Å²) in [4.78, 5) is 10.6. The van der Waals surface area contributed by atoms with Crippen molar-refractivity contribution in [3.05, 3.63) is 29.8 Å². The van der Waals surface area contributed by atoms with Gasteiger partial charge < -0.3 is 5.11 Å². The van der Waals surface area contributed by atoms with Crippen LogP contribution in [0, 0.1) is 6.92 Å². The monoisotopic (exact) mass is 426 g/mol. The molecule has 0 aliphatic heterocycles. The van der Waals surface area contributed by atoms with Gasteiger partial charge in [0.2, 0.25) is 0 Å². The summed E-state index contributed by atoms with van der Waals surface area (Å²) in [5.74, 6) is -0.690. The topological polar surface area (TPSA) is 80.7 Å². The molecule has 1 aromatic carbocycles. The third kappa shape index (κ3) is 13.4. The average Bonchev–Trinajstić information content (AvgIpc) is 2.67. The zero-order valence-corrected chi connectivity index (χ0v) is 18.7. The number of carbonyl (C=O) groups is 1. The zero-order valence-electron chi connectivity index (χ0n) is 17.9. The molecule has 0 aromatic heterocycles. The van der Waals surface area contributed by atoms with E-state index >= 15 is 0 Å². The van der Waals surface area contributed by atoms with Crippen molar-refractivity contribution in [2.75, 3.05) is 6.61 Å². The summed E-state index contributed by atoms with van der Waals surface area (Å²) in [6.45, 7) is 2.17. The highest BCUT2D eigenvalue weighted by Gasteiger charge is 2.14. The van der Waals surface area contributed by atoms with Gasteiger partial charge in [-0.25, -0.2) is 0 Å². The van der Waals surface area contributed by atoms with E-state index in [1.165, 1.54) is 44.9 Å². The van der Waals surface area contributed by atoms with Crippen molar-refractivity contribution in [3.63, 3.8) is 0 Å². The summed E-state index contributed by atoms with van der Waals surface area (Å²) in [6, 6.07) is 6.73. The van der Waals surface area contributed by atoms with Gasteiger partial charge in [-0.1, -0.05) is 88.3 Å². The van der Waals surface area contributed by atoms with Crippen LogP contribution in [-0.4, -0.2) is 26.1 Å². The van der Waals surface area contributed by atoms with Gasteiger partial charge in [-0.05, 0) is 31.9 Å². The second-order valence-electron chi connectivity index (χ2n) is 7.83. The van der Waals surface area contributed by atoms with E-state index < -0.39 is 16.1 Å². The third-order valence-electron chi connectivity index (χ3n) is 5.08. The van der Waals surface area contributed by atoms with Crippen LogP contribution in [0.5, 0.6) is 0 Å². The summed E-state index contributed by atoms with van der Waals surface area (Å²) in [7, 11) is -3.62. The van der Waals surface area contributed by atoms with Crippen molar-refractivity contribution in [1.29, 1.82) is 0 Å². The molecular weight excluding hydrogens is 388 g/mol. The summed E-state index contributed by atoms with van der Waals surface area (Å²) in [5.41, 5.74) is 1.02. The lowest BCUT2D eigenvalue weighted by atomic mass is 10.0. The van der Waals surface area contributed by atoms with E-state index in [2.05, 4.69) is 0 Å². The Balaban J connectivity index is 1.88. The molecule has 0 aliphatic rings. The first-order valence-corrected chi connectivity index (χ1v) is 12.5. The summed E-state index contributed by atoms with van der Waals surface area (Å²) in [6.07, 6.45) is 14.9. The number of carboxylic acids is 1. The SMILES string of the molecule is Cc1ccc(S(=O)(=O)OCCCCCCCCCCCCCCCC(=O)O)cc1. The molecule has 0 bridgehead atoms. The lowest BCUT2D eigenvalue weighted by Gasteiger charge is -2.06. The molecule has 1 aromatic rings. The molecule has 6 heteroatoms. The van der Waals surface area contributed by atoms with Crippen molar-refractivity contribution in [1.82, 2.24) is 0 Å². The van der Waals surface area contributed by atoms with Crippen molar-refractivity contribution < 1.29 is 22.5 Å². The van der Waals surface area contributed by atoms with Crippen molar-refractivity contribution >= 4 is 16.1 Å². The van der Waals surface area contributed by atoms with Crippen LogP contribution in [0.3, 0.4) is 0 Å². The van der Waals surface area contributed by atoms with E-state index in [1.807, 2.05) is 6.92 Å². The lowest BCUT2D eigenvalue weighted by Crippen LogP contribution is -2.07. The number of hydrogen-bond acceptors (Lipinski definition) is 4. The van der Waals surface area contributed by atoms with E-state index in [0.29, 0.717) is 6.42 Å². The standard InChI is InChI=1S/C23H38O5S/c1-21-16-18-22(19-17-21)29(26,27)28-20-14-12-10-8-6-4-2-3-5-7-9-11-13-15-23(24)25/h16-19H,2-15,20H2,1H3,(H,24,25). The molecule has 29 heavy (non-hydrogen) atoms. The Morgan fingerprint density at radius 1 is 0.759 bits per heavy atom. The highest BCUT2D eigenvalue weighted by atomic mass is 32.2. The van der Waals surface area contributed by atoms with Crippen molar-refractivity contribution in [3.8, 4) is 0 Å². The van der Waals surface area contributed by atoms with Crippen molar-refractivity contribution in [2.24, 2.45) is 0 Å². The largest absolute Gasteiger partial charge is 0.481 e. The molecule has 0 unspecified atom stereocenters. The van der Waals surface area contributed by atoms with Gasteiger partial charge in [0.25, 0.3) is 10.1 Å². The molecule has 5 nitrogen and oxygen atoms in total. The normalized spacial score (nSPS) is 11.6. The molecule has 0 amide bonds. The summed E-state index contributed by atoms with van der Waals surface area (Å²) < 4.78 is 29.2. The van der Waals surface area contributed by atoms with Crippen LogP contribution in [0.1, 0.15) is 95.5 Å². The first kappa shape index (κ1) is 25.6. The second-order valence-corrected chi connectivity index (χ2v) is 9.44. The van der Waals surface area contributed by atoms with Gasteiger partial charge >= 0.3 is 5.97 Å². The number of carboxylic acid groups (broad SMARTS) is 1. The number of aryl methyl sites for hydroxylation is 1. The molecule has 166 valence electrons. The fraction of sp³-hybridized carbons (Fsp3) is 0.696. The summed E-state index contributed by atoms with van der Waals surface area (Å²) in [5, 5.41) is 8.57. The van der Waals surface area contributed by atoms with Gasteiger partial charge in [-0.3, -0.25) is 8.98 Å². The molecule has 0 aliphatic carbocycles. The maximum atomic E-state index is 12.1. The molecule has 0 saturated heterocycles. The minimum absolute atomic E-state index is 0.225. The number of aliphatic carboxylic acids is 1. The smallest absolute Gasteiger partial charge is 0.303 e. The number of rotatable bonds is 18. The Morgan fingerprint density at radius 2 is 1.17 bits per heavy atom. The highest BCUT2D eigenvalue weighted by Crippen LogP contribution is 2.15. The number of benzene rings is 1. The fourth-order valence-corrected chi connectivity index (χ4v) is 4.21. The Labute approximate surface area is 177 Å². The van der Waals surface area contributed by atoms with Crippen LogP contribution in [0.4, 0.5) is 0 Å². The highest BCUT2D eigenvalue weighted by molar-refractivity contribution is 7.86. The molecule has 0 heterocycles. The molecule has 0 saturated carbocycles. The van der Waals surface area contributed by atoms with E-state index in [0.717, 1.165) is 44.1 Å². The van der Waals surface area contributed by atoms with E-state index in [-0.39, 0.29) is 11.5 Å². The van der Waals surface area contributed by atoms with Crippen LogP contribution in [0.25, 0.3) is 0 Å². The van der Waals surface area contributed by atoms with Crippen LogP contribution < -0.4 is 0 Å². The minimum atomic E-state index is -3.62. The van der Waals surface area contributed by atoms with Gasteiger partial charge in [0, 0.05) is 6.42 Å². The maximum Gasteiger partial charge on any atom is 0.303 e. The predicted molar refractivity (Wildman–Crippen MR) is 117 cm³/mol. The Bertz CT molecular complexity index is 652. The zero-order chi connectivity index (χ0) is 21.4. The van der Waals surface area contributed by atoms with Crippen LogP contribution in [0.15, 0.2) is 29.2 Å². The van der Waals surface area contributed by atoms with Crippen LogP contribution >= 0.6 is 0 Å². The Hall–Kier alpha value is -1.40. The molecule has 0 atom stereocenters. The number of unbranched alkanes of at least 4 members (excludes halogenated alkanes) is 12. The van der Waals surface area contributed by atoms with Crippen molar-refractivity contribution in [2.45, 2.75) is 102 Å². The minimum Gasteiger partial charge on any atom is -0.481 e. The number of hydrogen-bond donors (Lipinski definition) is 1. The van der Waals surface area contributed by atoms with Gasteiger partial charge in [0.15, 0.2) is 0 Å². The van der Waals surface area contributed by atoms with Gasteiger partial charge in [0.05, 0.1) is 11.5 Å². The average molecular weight is 427 g/mol. The van der Waals surface area contributed by atoms with E-state index in [9.17, 15) is 13.2 Å². The van der Waals surface area contributed by atoms with E-state index in [4.69, 9.17) is 9.29 Å². The first-order valence-electron chi connectivity index (χ1n) is 11.1. The van der Waals surface area contributed by atoms with Gasteiger partial charge in [0.1, 0.15) is 0 Å². The predicted octanol–water partition coefficient (Wildman–Crippen LogP) is 6.25. The lowest BCUT2D eigenvalue weighted by molar-refractivity contribution is -0.137. The molecular formula is C23H38O5S. The van der Waals surface area contributed by atoms with Gasteiger partial charge in [-0.2, -0.15) is 8.42 Å². The summed E-state index contributed by atoms with van der Waals surface area (Å²) >= 11 is 0. The Kier molecular flexibility index (Phi) is 13.7. The molecule has 1 rings (SSSR count). The molecule has 1 N–H and O–H groups in total. The van der Waals surface area contributed by atoms with Crippen LogP contribution in [0.2, 0.25) is 0 Å². The molecule has 0 fully saturated rings. The third-order valence-corrected chi connectivity index (χ3v) is 6.41.